The van der Waals surface area contributed by atoms with Crippen LogP contribution >= 0.6 is 0 Å². The van der Waals surface area contributed by atoms with E-state index in [1.165, 1.54) is 0 Å². The first-order valence-corrected chi connectivity index (χ1v) is 4.79. The maximum absolute atomic E-state index is 5.97. The maximum Gasteiger partial charge on any atom is 0.0630 e. The summed E-state index contributed by atoms with van der Waals surface area (Å²) in [6.45, 7) is 2.08. The van der Waals surface area contributed by atoms with Gasteiger partial charge in [0.15, 0.2) is 0 Å². The van der Waals surface area contributed by atoms with E-state index >= 15 is 0 Å². The Bertz CT molecular complexity index is 475. The van der Waals surface area contributed by atoms with Gasteiger partial charge in [0, 0.05) is 5.39 Å². The molecule has 0 aliphatic carbocycles. The topological polar surface area (TPSA) is 52.0 Å². The molecule has 2 rings (SSSR count). The van der Waals surface area contributed by atoms with Gasteiger partial charge in [-0.3, -0.25) is 0 Å². The van der Waals surface area contributed by atoms with Crippen molar-refractivity contribution in [2.45, 2.75) is 13.3 Å². The Kier molecular flexibility index (Phi) is 2.04. The summed E-state index contributed by atoms with van der Waals surface area (Å²) >= 11 is 0. The lowest BCUT2D eigenvalue weighted by Crippen LogP contribution is -2.00. The van der Waals surface area contributed by atoms with Crippen molar-refractivity contribution in [2.24, 2.45) is 0 Å². The van der Waals surface area contributed by atoms with Gasteiger partial charge in [0.1, 0.15) is 0 Å². The number of hydrogen-bond donors (Lipinski definition) is 2. The summed E-state index contributed by atoms with van der Waals surface area (Å²) in [4.78, 5) is 0. The minimum Gasteiger partial charge on any atom is -0.397 e. The van der Waals surface area contributed by atoms with E-state index in [1.807, 2.05) is 18.2 Å². The molecular weight excluding hydrogens is 172 g/mol. The van der Waals surface area contributed by atoms with E-state index in [9.17, 15) is 0 Å². The van der Waals surface area contributed by atoms with Crippen LogP contribution in [0.3, 0.4) is 0 Å². The number of nitrogens with two attached hydrogens (primary N) is 2. The standard InChI is InChI=1S/C12H14N2/c1-2-8-7-9-5-3-4-6-10(9)12(14)11(8)13/h3-7H,2,13-14H2,1H3. The van der Waals surface area contributed by atoms with Gasteiger partial charge in [-0.15, -0.1) is 0 Å². The molecule has 0 aromatic heterocycles. The van der Waals surface area contributed by atoms with E-state index in [2.05, 4.69) is 19.1 Å². The van der Waals surface area contributed by atoms with Crippen LogP contribution in [0.1, 0.15) is 12.5 Å². The minimum atomic E-state index is 0.708. The second kappa shape index (κ2) is 3.22. The van der Waals surface area contributed by atoms with Gasteiger partial charge in [0.25, 0.3) is 0 Å². The Balaban J connectivity index is 2.85. The van der Waals surface area contributed by atoms with Crippen LogP contribution in [0.4, 0.5) is 11.4 Å². The van der Waals surface area contributed by atoms with Crippen LogP contribution in [0, 0.1) is 0 Å². The van der Waals surface area contributed by atoms with Crippen molar-refractivity contribution in [3.63, 3.8) is 0 Å². The molecule has 2 nitrogen and oxygen atoms in total. The lowest BCUT2D eigenvalue weighted by molar-refractivity contribution is 1.15. The van der Waals surface area contributed by atoms with Crippen molar-refractivity contribution in [1.82, 2.24) is 0 Å². The number of fused-ring (bicyclic) bond motifs is 1. The zero-order chi connectivity index (χ0) is 10.1. The maximum atomic E-state index is 5.97. The molecule has 0 fully saturated rings. The molecule has 2 aromatic carbocycles. The molecule has 0 radical (unpaired) electrons. The van der Waals surface area contributed by atoms with Crippen molar-refractivity contribution in [1.29, 1.82) is 0 Å². The van der Waals surface area contributed by atoms with Gasteiger partial charge in [0.05, 0.1) is 11.4 Å². The summed E-state index contributed by atoms with van der Waals surface area (Å²) in [5.41, 5.74) is 14.5. The molecule has 0 bridgehead atoms. The van der Waals surface area contributed by atoms with E-state index in [0.717, 1.165) is 28.4 Å². The summed E-state index contributed by atoms with van der Waals surface area (Å²) in [5.74, 6) is 0. The van der Waals surface area contributed by atoms with Crippen LogP contribution in [0.15, 0.2) is 30.3 Å². The zero-order valence-electron chi connectivity index (χ0n) is 8.25. The van der Waals surface area contributed by atoms with Gasteiger partial charge in [-0.05, 0) is 23.4 Å². The molecule has 0 saturated carbocycles. The average molecular weight is 186 g/mol. The van der Waals surface area contributed by atoms with Gasteiger partial charge in [-0.25, -0.2) is 0 Å². The molecule has 2 aromatic rings. The SMILES string of the molecule is CCc1cc2ccccc2c(N)c1N. The minimum absolute atomic E-state index is 0.708. The molecule has 0 atom stereocenters. The molecule has 0 aliphatic heterocycles. The summed E-state index contributed by atoms with van der Waals surface area (Å²) < 4.78 is 0. The van der Waals surface area contributed by atoms with Crippen LogP contribution in [-0.2, 0) is 6.42 Å². The van der Waals surface area contributed by atoms with E-state index in [-0.39, 0.29) is 0 Å². The van der Waals surface area contributed by atoms with Crippen LogP contribution in [0.2, 0.25) is 0 Å². The first-order valence-electron chi connectivity index (χ1n) is 4.79. The molecule has 2 heteroatoms. The summed E-state index contributed by atoms with van der Waals surface area (Å²) in [5, 5.41) is 2.21. The largest absolute Gasteiger partial charge is 0.397 e. The van der Waals surface area contributed by atoms with Gasteiger partial charge >= 0.3 is 0 Å². The number of benzene rings is 2. The van der Waals surface area contributed by atoms with Gasteiger partial charge < -0.3 is 11.5 Å². The third kappa shape index (κ3) is 1.20. The highest BCUT2D eigenvalue weighted by Crippen LogP contribution is 2.30. The first-order chi connectivity index (χ1) is 6.74. The third-order valence-electron chi connectivity index (χ3n) is 2.60. The van der Waals surface area contributed by atoms with Gasteiger partial charge in [-0.1, -0.05) is 31.2 Å². The lowest BCUT2D eigenvalue weighted by Gasteiger charge is -2.10. The molecular formula is C12H14N2. The Labute approximate surface area is 83.5 Å². The van der Waals surface area contributed by atoms with Crippen molar-refractivity contribution in [3.8, 4) is 0 Å². The Morgan fingerprint density at radius 1 is 1.07 bits per heavy atom. The second-order valence-corrected chi connectivity index (χ2v) is 3.44. The monoisotopic (exact) mass is 186 g/mol. The van der Waals surface area contributed by atoms with Crippen molar-refractivity contribution in [2.75, 3.05) is 11.5 Å². The summed E-state index contributed by atoms with van der Waals surface area (Å²) in [6.07, 6.45) is 0.918. The molecule has 0 unspecified atom stereocenters. The lowest BCUT2D eigenvalue weighted by atomic mass is 10.0. The van der Waals surface area contributed by atoms with Crippen LogP contribution in [0.25, 0.3) is 10.8 Å². The van der Waals surface area contributed by atoms with Crippen LogP contribution in [0.5, 0.6) is 0 Å². The van der Waals surface area contributed by atoms with Crippen molar-refractivity contribution >= 4 is 22.1 Å². The average Bonchev–Trinajstić information content (AvgIpc) is 2.23. The molecule has 14 heavy (non-hydrogen) atoms. The van der Waals surface area contributed by atoms with Gasteiger partial charge in [-0.2, -0.15) is 0 Å². The number of rotatable bonds is 1. The molecule has 0 saturated heterocycles. The van der Waals surface area contributed by atoms with E-state index in [4.69, 9.17) is 11.5 Å². The normalized spacial score (nSPS) is 10.6. The summed E-state index contributed by atoms with van der Waals surface area (Å²) in [7, 11) is 0. The second-order valence-electron chi connectivity index (χ2n) is 3.44. The molecule has 4 N–H and O–H groups in total. The number of anilines is 2. The van der Waals surface area contributed by atoms with E-state index < -0.39 is 0 Å². The van der Waals surface area contributed by atoms with Crippen LogP contribution in [-0.4, -0.2) is 0 Å². The van der Waals surface area contributed by atoms with E-state index in [0.29, 0.717) is 5.69 Å². The van der Waals surface area contributed by atoms with Crippen molar-refractivity contribution < 1.29 is 0 Å². The third-order valence-corrected chi connectivity index (χ3v) is 2.60. The van der Waals surface area contributed by atoms with Crippen LogP contribution < -0.4 is 11.5 Å². The first kappa shape index (κ1) is 8.88. The fourth-order valence-electron chi connectivity index (χ4n) is 1.74. The zero-order valence-corrected chi connectivity index (χ0v) is 8.25. The molecule has 0 heterocycles. The summed E-state index contributed by atoms with van der Waals surface area (Å²) in [6, 6.07) is 10.2. The molecule has 72 valence electrons. The molecule has 0 amide bonds. The fraction of sp³-hybridized carbons (Fsp3) is 0.167. The molecule has 0 spiro atoms. The number of hydrogen-bond acceptors (Lipinski definition) is 2. The van der Waals surface area contributed by atoms with Gasteiger partial charge in [0.2, 0.25) is 0 Å². The Hall–Kier alpha value is -1.70. The number of nitrogen functional groups attached to an aromatic ring is 2. The highest BCUT2D eigenvalue weighted by molar-refractivity contribution is 5.99. The predicted molar refractivity (Wildman–Crippen MR) is 62.2 cm³/mol. The Morgan fingerprint density at radius 3 is 2.50 bits per heavy atom. The predicted octanol–water partition coefficient (Wildman–Crippen LogP) is 2.57. The highest BCUT2D eigenvalue weighted by atomic mass is 14.7. The van der Waals surface area contributed by atoms with Crippen molar-refractivity contribution in [3.05, 3.63) is 35.9 Å². The number of aryl methyl sites for hydroxylation is 1. The quantitative estimate of drug-likeness (QED) is 0.672. The molecule has 0 aliphatic rings. The smallest absolute Gasteiger partial charge is 0.0630 e. The van der Waals surface area contributed by atoms with E-state index in [1.54, 1.807) is 0 Å². The fourth-order valence-corrected chi connectivity index (χ4v) is 1.74. The Morgan fingerprint density at radius 2 is 1.79 bits per heavy atom. The highest BCUT2D eigenvalue weighted by Gasteiger charge is 2.05.